The lowest BCUT2D eigenvalue weighted by molar-refractivity contribution is -0.142. The Morgan fingerprint density at radius 1 is 0.938 bits per heavy atom. The Balaban J connectivity index is 1.27. The SMILES string of the molecule is CC1CCN(C(=O)C2CCN(C(=O)COc3ccc(Cl)cc3C3CCCCC3)CC2)CC1. The van der Waals surface area contributed by atoms with Crippen molar-refractivity contribution in [1.29, 1.82) is 0 Å². The maximum absolute atomic E-state index is 12.8. The van der Waals surface area contributed by atoms with Crippen LogP contribution in [0.1, 0.15) is 76.2 Å². The van der Waals surface area contributed by atoms with Crippen LogP contribution in [0, 0.1) is 11.8 Å². The zero-order valence-electron chi connectivity index (χ0n) is 19.4. The maximum atomic E-state index is 12.8. The molecule has 2 saturated heterocycles. The number of amides is 2. The van der Waals surface area contributed by atoms with Gasteiger partial charge < -0.3 is 14.5 Å². The van der Waals surface area contributed by atoms with Gasteiger partial charge in [0.05, 0.1) is 0 Å². The number of halogens is 1. The molecule has 0 radical (unpaired) electrons. The van der Waals surface area contributed by atoms with Crippen molar-refractivity contribution in [3.05, 3.63) is 28.8 Å². The minimum Gasteiger partial charge on any atom is -0.483 e. The van der Waals surface area contributed by atoms with Crippen molar-refractivity contribution in [3.8, 4) is 5.75 Å². The molecule has 0 aromatic heterocycles. The predicted octanol–water partition coefficient (Wildman–Crippen LogP) is 5.26. The lowest BCUT2D eigenvalue weighted by Crippen LogP contribution is -2.47. The molecule has 176 valence electrons. The fourth-order valence-corrected chi connectivity index (χ4v) is 5.66. The van der Waals surface area contributed by atoms with Gasteiger partial charge in [-0.15, -0.1) is 0 Å². The largest absolute Gasteiger partial charge is 0.483 e. The number of carbonyl (C=O) groups excluding carboxylic acids is 2. The van der Waals surface area contributed by atoms with E-state index in [0.717, 1.165) is 73.9 Å². The smallest absolute Gasteiger partial charge is 0.260 e. The van der Waals surface area contributed by atoms with Crippen molar-refractivity contribution in [1.82, 2.24) is 9.80 Å². The van der Waals surface area contributed by atoms with Gasteiger partial charge in [0.15, 0.2) is 6.61 Å². The fourth-order valence-electron chi connectivity index (χ4n) is 5.48. The van der Waals surface area contributed by atoms with E-state index in [0.29, 0.717) is 24.9 Å². The molecule has 32 heavy (non-hydrogen) atoms. The Kier molecular flexibility index (Phi) is 7.98. The summed E-state index contributed by atoms with van der Waals surface area (Å²) < 4.78 is 6.01. The molecule has 1 aromatic rings. The molecule has 4 rings (SSSR count). The number of rotatable bonds is 5. The third-order valence-electron chi connectivity index (χ3n) is 7.66. The van der Waals surface area contributed by atoms with E-state index in [1.807, 2.05) is 28.0 Å². The minimum absolute atomic E-state index is 0.00670. The van der Waals surface area contributed by atoms with Crippen LogP contribution in [0.2, 0.25) is 5.02 Å². The van der Waals surface area contributed by atoms with Crippen molar-refractivity contribution in [3.63, 3.8) is 0 Å². The highest BCUT2D eigenvalue weighted by molar-refractivity contribution is 6.30. The minimum atomic E-state index is 0.00670. The van der Waals surface area contributed by atoms with Gasteiger partial charge in [-0.25, -0.2) is 0 Å². The average Bonchev–Trinajstić information content (AvgIpc) is 2.83. The first kappa shape index (κ1) is 23.4. The second kappa shape index (κ2) is 10.9. The van der Waals surface area contributed by atoms with E-state index in [4.69, 9.17) is 16.3 Å². The molecule has 0 bridgehead atoms. The van der Waals surface area contributed by atoms with Crippen LogP contribution in [0.25, 0.3) is 0 Å². The van der Waals surface area contributed by atoms with E-state index >= 15 is 0 Å². The molecule has 2 heterocycles. The standard InChI is InChI=1S/C26H37ClN2O3/c1-19-9-13-29(14-10-19)26(31)21-11-15-28(16-12-21)25(30)18-32-24-8-7-22(27)17-23(24)20-5-3-2-4-6-20/h7-8,17,19-21H,2-6,9-16,18H2,1H3. The first-order valence-corrected chi connectivity index (χ1v) is 12.9. The van der Waals surface area contributed by atoms with Gasteiger partial charge in [0.2, 0.25) is 5.91 Å². The highest BCUT2D eigenvalue weighted by Crippen LogP contribution is 2.38. The van der Waals surface area contributed by atoms with E-state index in [9.17, 15) is 9.59 Å². The van der Waals surface area contributed by atoms with Crippen LogP contribution in [0.15, 0.2) is 18.2 Å². The molecule has 1 aromatic carbocycles. The first-order valence-electron chi connectivity index (χ1n) is 12.5. The van der Waals surface area contributed by atoms with Gasteiger partial charge in [-0.3, -0.25) is 9.59 Å². The summed E-state index contributed by atoms with van der Waals surface area (Å²) in [7, 11) is 0. The van der Waals surface area contributed by atoms with Crippen LogP contribution in [-0.4, -0.2) is 54.4 Å². The van der Waals surface area contributed by atoms with E-state index < -0.39 is 0 Å². The van der Waals surface area contributed by atoms with E-state index in [1.54, 1.807) is 0 Å². The van der Waals surface area contributed by atoms with Crippen molar-refractivity contribution in [2.75, 3.05) is 32.8 Å². The number of carbonyl (C=O) groups is 2. The molecule has 3 aliphatic rings. The Bertz CT molecular complexity index is 792. The molecule has 6 heteroatoms. The second-order valence-electron chi connectivity index (χ2n) is 9.97. The summed E-state index contributed by atoms with van der Waals surface area (Å²) in [6.45, 7) is 5.35. The summed E-state index contributed by atoms with van der Waals surface area (Å²) in [6.07, 6.45) is 9.79. The molecule has 2 amide bonds. The van der Waals surface area contributed by atoms with Crippen molar-refractivity contribution < 1.29 is 14.3 Å². The molecule has 1 aliphatic carbocycles. The highest BCUT2D eigenvalue weighted by Gasteiger charge is 2.31. The van der Waals surface area contributed by atoms with Crippen molar-refractivity contribution >= 4 is 23.4 Å². The predicted molar refractivity (Wildman–Crippen MR) is 127 cm³/mol. The number of benzene rings is 1. The Hall–Kier alpha value is -1.75. The zero-order chi connectivity index (χ0) is 22.5. The molecule has 0 N–H and O–H groups in total. The topological polar surface area (TPSA) is 49.9 Å². The number of piperidine rings is 2. The van der Waals surface area contributed by atoms with Crippen LogP contribution in [0.3, 0.4) is 0 Å². The molecule has 0 unspecified atom stereocenters. The Morgan fingerprint density at radius 2 is 1.59 bits per heavy atom. The molecule has 2 aliphatic heterocycles. The number of hydrogen-bond donors (Lipinski definition) is 0. The summed E-state index contributed by atoms with van der Waals surface area (Å²) in [5.74, 6) is 2.33. The number of likely N-dealkylation sites (tertiary alicyclic amines) is 2. The molecule has 0 spiro atoms. The van der Waals surface area contributed by atoms with Gasteiger partial charge in [0.1, 0.15) is 5.75 Å². The van der Waals surface area contributed by atoms with Gasteiger partial charge in [-0.05, 0) is 74.1 Å². The summed E-state index contributed by atoms with van der Waals surface area (Å²) >= 11 is 6.26. The molecule has 1 saturated carbocycles. The summed E-state index contributed by atoms with van der Waals surface area (Å²) in [5.41, 5.74) is 1.14. The summed E-state index contributed by atoms with van der Waals surface area (Å²) in [4.78, 5) is 29.6. The lowest BCUT2D eigenvalue weighted by Gasteiger charge is -2.36. The molecule has 0 atom stereocenters. The third kappa shape index (κ3) is 5.78. The maximum Gasteiger partial charge on any atom is 0.260 e. The van der Waals surface area contributed by atoms with Gasteiger partial charge in [0.25, 0.3) is 5.91 Å². The average molecular weight is 461 g/mol. The van der Waals surface area contributed by atoms with E-state index in [2.05, 4.69) is 6.92 Å². The Morgan fingerprint density at radius 3 is 2.28 bits per heavy atom. The lowest BCUT2D eigenvalue weighted by atomic mass is 9.84. The molecular weight excluding hydrogens is 424 g/mol. The van der Waals surface area contributed by atoms with E-state index in [1.165, 1.54) is 19.3 Å². The van der Waals surface area contributed by atoms with Gasteiger partial charge in [-0.1, -0.05) is 37.8 Å². The van der Waals surface area contributed by atoms with Gasteiger partial charge in [0, 0.05) is 37.1 Å². The van der Waals surface area contributed by atoms with Gasteiger partial charge in [-0.2, -0.15) is 0 Å². The second-order valence-corrected chi connectivity index (χ2v) is 10.4. The Labute approximate surface area is 197 Å². The van der Waals surface area contributed by atoms with E-state index in [-0.39, 0.29) is 18.4 Å². The highest BCUT2D eigenvalue weighted by atomic mass is 35.5. The fraction of sp³-hybridized carbons (Fsp3) is 0.692. The molecule has 3 fully saturated rings. The normalized spacial score (nSPS) is 21.6. The zero-order valence-corrected chi connectivity index (χ0v) is 20.1. The number of nitrogens with zero attached hydrogens (tertiary/aromatic N) is 2. The monoisotopic (exact) mass is 460 g/mol. The van der Waals surface area contributed by atoms with Crippen molar-refractivity contribution in [2.45, 2.75) is 70.6 Å². The van der Waals surface area contributed by atoms with Crippen LogP contribution >= 0.6 is 11.6 Å². The molecule has 5 nitrogen and oxygen atoms in total. The van der Waals surface area contributed by atoms with Crippen molar-refractivity contribution in [2.24, 2.45) is 11.8 Å². The summed E-state index contributed by atoms with van der Waals surface area (Å²) in [5, 5.41) is 0.721. The number of ether oxygens (including phenoxy) is 1. The van der Waals surface area contributed by atoms with Crippen LogP contribution in [0.5, 0.6) is 5.75 Å². The molecular formula is C26H37ClN2O3. The number of hydrogen-bond acceptors (Lipinski definition) is 3. The van der Waals surface area contributed by atoms with Gasteiger partial charge >= 0.3 is 0 Å². The first-order chi connectivity index (χ1) is 15.5. The third-order valence-corrected chi connectivity index (χ3v) is 7.90. The van der Waals surface area contributed by atoms with Crippen LogP contribution in [-0.2, 0) is 9.59 Å². The summed E-state index contributed by atoms with van der Waals surface area (Å²) in [6, 6.07) is 5.76. The van der Waals surface area contributed by atoms with Crippen LogP contribution < -0.4 is 4.74 Å². The van der Waals surface area contributed by atoms with Crippen LogP contribution in [0.4, 0.5) is 0 Å². The quantitative estimate of drug-likeness (QED) is 0.601.